The predicted octanol–water partition coefficient (Wildman–Crippen LogP) is 3.50. The number of carbonyl (C=O) groups is 1. The number of fused-ring (bicyclic) bond motifs is 2. The molecule has 28 heavy (non-hydrogen) atoms. The van der Waals surface area contributed by atoms with Crippen molar-refractivity contribution >= 4 is 26.7 Å². The first kappa shape index (κ1) is 19.4. The van der Waals surface area contributed by atoms with Crippen molar-refractivity contribution in [1.82, 2.24) is 9.21 Å². The number of amides is 1. The summed E-state index contributed by atoms with van der Waals surface area (Å²) in [5, 5.41) is 1.87. The van der Waals surface area contributed by atoms with Crippen LogP contribution in [0.3, 0.4) is 0 Å². The van der Waals surface area contributed by atoms with Crippen LogP contribution in [0, 0.1) is 11.8 Å². The van der Waals surface area contributed by atoms with Crippen LogP contribution in [0.25, 0.3) is 10.8 Å². The quantitative estimate of drug-likeness (QED) is 0.789. The highest BCUT2D eigenvalue weighted by Gasteiger charge is 2.34. The number of hydrogen-bond acceptors (Lipinski definition) is 3. The van der Waals surface area contributed by atoms with Crippen LogP contribution in [-0.4, -0.2) is 50.2 Å². The lowest BCUT2D eigenvalue weighted by molar-refractivity contribution is -0.134. The molecule has 4 rings (SSSR count). The van der Waals surface area contributed by atoms with Crippen molar-refractivity contribution in [1.29, 1.82) is 0 Å². The van der Waals surface area contributed by atoms with E-state index in [0.29, 0.717) is 5.92 Å². The van der Waals surface area contributed by atoms with Gasteiger partial charge >= 0.3 is 0 Å². The number of benzene rings is 2. The largest absolute Gasteiger partial charge is 0.341 e. The number of likely N-dealkylation sites (N-methyl/N-ethyl adjacent to an activating group) is 1. The van der Waals surface area contributed by atoms with Gasteiger partial charge in [-0.1, -0.05) is 49.6 Å². The standard InChI is InChI=1S/C22H28N2O3S/c1-23(16-22(25)24-13-12-18-7-3-5-9-20(18)15-24)28(26,27)21-11-10-17-6-2-4-8-19(17)14-21/h2,4,6,8,10-11,14,18,20H,3,5,7,9,12-13,15-16H2,1H3/t18-,20+/m0/s1. The molecule has 0 aromatic heterocycles. The highest BCUT2D eigenvalue weighted by molar-refractivity contribution is 7.89. The Morgan fingerprint density at radius 3 is 2.54 bits per heavy atom. The molecule has 5 nitrogen and oxygen atoms in total. The van der Waals surface area contributed by atoms with Crippen LogP contribution in [0.15, 0.2) is 47.4 Å². The Balaban J connectivity index is 1.45. The number of sulfonamides is 1. The van der Waals surface area contributed by atoms with Crippen LogP contribution >= 0.6 is 0 Å². The molecular weight excluding hydrogens is 372 g/mol. The Morgan fingerprint density at radius 1 is 1.04 bits per heavy atom. The van der Waals surface area contributed by atoms with Gasteiger partial charge in [0.2, 0.25) is 15.9 Å². The fourth-order valence-electron chi connectivity index (χ4n) is 4.71. The summed E-state index contributed by atoms with van der Waals surface area (Å²) < 4.78 is 27.1. The smallest absolute Gasteiger partial charge is 0.243 e. The lowest BCUT2D eigenvalue weighted by Gasteiger charge is -2.41. The number of hydrogen-bond donors (Lipinski definition) is 0. The number of likely N-dealkylation sites (tertiary alicyclic amines) is 1. The van der Waals surface area contributed by atoms with Crippen molar-refractivity contribution in [2.75, 3.05) is 26.7 Å². The van der Waals surface area contributed by atoms with E-state index in [1.54, 1.807) is 12.1 Å². The summed E-state index contributed by atoms with van der Waals surface area (Å²) in [5.74, 6) is 1.25. The van der Waals surface area contributed by atoms with Crippen LogP contribution in [0.1, 0.15) is 32.1 Å². The van der Waals surface area contributed by atoms with Gasteiger partial charge in [0, 0.05) is 20.1 Å². The zero-order valence-electron chi connectivity index (χ0n) is 16.4. The zero-order chi connectivity index (χ0) is 19.7. The molecule has 6 heteroatoms. The van der Waals surface area contributed by atoms with E-state index in [-0.39, 0.29) is 17.3 Å². The Kier molecular flexibility index (Phi) is 5.43. The van der Waals surface area contributed by atoms with E-state index in [1.165, 1.54) is 37.0 Å². The van der Waals surface area contributed by atoms with E-state index in [9.17, 15) is 13.2 Å². The molecule has 0 radical (unpaired) electrons. The van der Waals surface area contributed by atoms with Crippen molar-refractivity contribution in [2.24, 2.45) is 11.8 Å². The maximum atomic E-state index is 13.0. The van der Waals surface area contributed by atoms with Gasteiger partial charge in [-0.05, 0) is 47.6 Å². The second kappa shape index (κ2) is 7.84. The van der Waals surface area contributed by atoms with E-state index >= 15 is 0 Å². The first-order valence-corrected chi connectivity index (χ1v) is 11.6. The van der Waals surface area contributed by atoms with Crippen LogP contribution in [0.2, 0.25) is 0 Å². The van der Waals surface area contributed by atoms with Gasteiger partial charge in [-0.2, -0.15) is 4.31 Å². The highest BCUT2D eigenvalue weighted by Crippen LogP contribution is 2.36. The lowest BCUT2D eigenvalue weighted by Crippen LogP contribution is -2.48. The van der Waals surface area contributed by atoms with Crippen molar-refractivity contribution in [3.05, 3.63) is 42.5 Å². The minimum atomic E-state index is -3.70. The molecule has 0 unspecified atom stereocenters. The third kappa shape index (κ3) is 3.80. The summed E-state index contributed by atoms with van der Waals surface area (Å²) in [5.41, 5.74) is 0. The number of nitrogens with zero attached hydrogens (tertiary/aromatic N) is 2. The Labute approximate surface area is 167 Å². The molecule has 0 bridgehead atoms. The molecule has 1 saturated carbocycles. The number of piperidine rings is 1. The Bertz CT molecular complexity index is 973. The SMILES string of the molecule is CN(CC(=O)N1CC[C@@H]2CCCC[C@@H]2C1)S(=O)(=O)c1ccc2ccccc2c1. The van der Waals surface area contributed by atoms with Gasteiger partial charge in [0.15, 0.2) is 0 Å². The molecule has 0 spiro atoms. The minimum Gasteiger partial charge on any atom is -0.341 e. The summed E-state index contributed by atoms with van der Waals surface area (Å²) in [6, 6.07) is 12.8. The summed E-state index contributed by atoms with van der Waals surface area (Å²) in [6.45, 7) is 1.43. The molecule has 2 fully saturated rings. The lowest BCUT2D eigenvalue weighted by atomic mass is 9.75. The number of carbonyl (C=O) groups excluding carboxylic acids is 1. The molecule has 1 saturated heterocycles. The highest BCUT2D eigenvalue weighted by atomic mass is 32.2. The normalized spacial score (nSPS) is 23.0. The van der Waals surface area contributed by atoms with E-state index < -0.39 is 10.0 Å². The third-order valence-corrected chi connectivity index (χ3v) is 8.23. The summed E-state index contributed by atoms with van der Waals surface area (Å²) in [4.78, 5) is 14.9. The van der Waals surface area contributed by atoms with Crippen LogP contribution in [0.5, 0.6) is 0 Å². The molecule has 2 aromatic rings. The second-order valence-electron chi connectivity index (χ2n) is 8.20. The molecule has 1 amide bonds. The molecule has 1 aliphatic heterocycles. The summed E-state index contributed by atoms with van der Waals surface area (Å²) >= 11 is 0. The van der Waals surface area contributed by atoms with Gasteiger partial charge in [0.05, 0.1) is 11.4 Å². The first-order valence-electron chi connectivity index (χ1n) is 10.2. The average Bonchev–Trinajstić information content (AvgIpc) is 2.72. The van der Waals surface area contributed by atoms with E-state index in [0.717, 1.165) is 36.2 Å². The first-order chi connectivity index (χ1) is 13.4. The molecule has 150 valence electrons. The summed E-state index contributed by atoms with van der Waals surface area (Å²) in [7, 11) is -2.21. The fraction of sp³-hybridized carbons (Fsp3) is 0.500. The topological polar surface area (TPSA) is 57.7 Å². The molecule has 1 aliphatic carbocycles. The van der Waals surface area contributed by atoms with Crippen molar-refractivity contribution < 1.29 is 13.2 Å². The third-order valence-electron chi connectivity index (χ3n) is 6.43. The molecule has 1 heterocycles. The van der Waals surface area contributed by atoms with Crippen LogP contribution in [-0.2, 0) is 14.8 Å². The monoisotopic (exact) mass is 400 g/mol. The van der Waals surface area contributed by atoms with Gasteiger partial charge in [0.1, 0.15) is 0 Å². The number of rotatable bonds is 4. The van der Waals surface area contributed by atoms with E-state index in [1.807, 2.05) is 35.2 Å². The minimum absolute atomic E-state index is 0.0871. The van der Waals surface area contributed by atoms with Gasteiger partial charge in [-0.15, -0.1) is 0 Å². The van der Waals surface area contributed by atoms with Gasteiger partial charge in [0.25, 0.3) is 0 Å². The van der Waals surface area contributed by atoms with Gasteiger partial charge < -0.3 is 4.90 Å². The molecule has 2 aromatic carbocycles. The Hall–Kier alpha value is -1.92. The maximum Gasteiger partial charge on any atom is 0.243 e. The fourth-order valence-corrected chi connectivity index (χ4v) is 5.87. The van der Waals surface area contributed by atoms with E-state index in [4.69, 9.17) is 0 Å². The molecule has 2 aliphatic rings. The molecule has 2 atom stereocenters. The van der Waals surface area contributed by atoms with Crippen LogP contribution < -0.4 is 0 Å². The zero-order valence-corrected chi connectivity index (χ0v) is 17.2. The van der Waals surface area contributed by atoms with Crippen molar-refractivity contribution in [2.45, 2.75) is 37.0 Å². The molecule has 0 N–H and O–H groups in total. The van der Waals surface area contributed by atoms with Crippen molar-refractivity contribution in [3.63, 3.8) is 0 Å². The van der Waals surface area contributed by atoms with Gasteiger partial charge in [-0.25, -0.2) is 8.42 Å². The van der Waals surface area contributed by atoms with Crippen molar-refractivity contribution in [3.8, 4) is 0 Å². The predicted molar refractivity (Wildman–Crippen MR) is 110 cm³/mol. The molecular formula is C22H28N2O3S. The second-order valence-corrected chi connectivity index (χ2v) is 10.2. The van der Waals surface area contributed by atoms with Gasteiger partial charge in [-0.3, -0.25) is 4.79 Å². The average molecular weight is 401 g/mol. The Morgan fingerprint density at radius 2 is 1.75 bits per heavy atom. The summed E-state index contributed by atoms with van der Waals surface area (Å²) in [6.07, 6.45) is 6.08. The van der Waals surface area contributed by atoms with E-state index in [2.05, 4.69) is 0 Å². The van der Waals surface area contributed by atoms with Crippen LogP contribution in [0.4, 0.5) is 0 Å². The maximum absolute atomic E-state index is 13.0.